The van der Waals surface area contributed by atoms with Crippen molar-refractivity contribution < 1.29 is 18.3 Å². The van der Waals surface area contributed by atoms with Gasteiger partial charge in [-0.25, -0.2) is 8.42 Å². The van der Waals surface area contributed by atoms with Crippen LogP contribution in [0.3, 0.4) is 0 Å². The van der Waals surface area contributed by atoms with Gasteiger partial charge in [0.05, 0.1) is 17.1 Å². The van der Waals surface area contributed by atoms with Crippen molar-refractivity contribution in [3.05, 3.63) is 29.3 Å². The number of hydrogen-bond acceptors (Lipinski definition) is 4. The van der Waals surface area contributed by atoms with Crippen LogP contribution in [-0.2, 0) is 14.6 Å². The molecule has 1 aromatic carbocycles. The van der Waals surface area contributed by atoms with E-state index in [2.05, 4.69) is 0 Å². The Labute approximate surface area is 130 Å². The van der Waals surface area contributed by atoms with Crippen molar-refractivity contribution in [2.75, 3.05) is 18.8 Å². The second-order valence-corrected chi connectivity index (χ2v) is 7.59. The van der Waals surface area contributed by atoms with Crippen molar-refractivity contribution in [1.82, 2.24) is 4.90 Å². The fraction of sp³-hybridized carbons (Fsp3) is 0.500. The average molecular weight is 334 g/mol. The lowest BCUT2D eigenvalue weighted by Crippen LogP contribution is -2.36. The smallest absolute Gasteiger partial charge is 0.304 e. The van der Waals surface area contributed by atoms with E-state index in [0.717, 1.165) is 0 Å². The van der Waals surface area contributed by atoms with E-state index in [1.807, 2.05) is 18.7 Å². The standard InChI is InChI=1S/C14H20ClNO4S/c1-11(2)16(8-7-14(17)18)9-10-21(19,20)13-5-3-12(15)4-6-13/h3-6,11H,7-10H2,1-2H3,(H,17,18). The predicted octanol–water partition coefficient (Wildman–Crippen LogP) is 2.30. The summed E-state index contributed by atoms with van der Waals surface area (Å²) in [7, 11) is -3.39. The Kier molecular flexibility index (Phi) is 6.64. The molecule has 118 valence electrons. The highest BCUT2D eigenvalue weighted by Gasteiger charge is 2.18. The highest BCUT2D eigenvalue weighted by Crippen LogP contribution is 2.16. The number of benzene rings is 1. The summed E-state index contributed by atoms with van der Waals surface area (Å²) in [5.74, 6) is -0.937. The molecule has 0 fully saturated rings. The first-order valence-corrected chi connectivity index (χ1v) is 8.69. The molecule has 0 bridgehead atoms. The van der Waals surface area contributed by atoms with Gasteiger partial charge in [0.2, 0.25) is 0 Å². The summed E-state index contributed by atoms with van der Waals surface area (Å²) in [5.41, 5.74) is 0. The van der Waals surface area contributed by atoms with Crippen molar-refractivity contribution in [2.24, 2.45) is 0 Å². The lowest BCUT2D eigenvalue weighted by molar-refractivity contribution is -0.137. The quantitative estimate of drug-likeness (QED) is 0.790. The highest BCUT2D eigenvalue weighted by molar-refractivity contribution is 7.91. The van der Waals surface area contributed by atoms with Crippen LogP contribution in [0.1, 0.15) is 20.3 Å². The summed E-state index contributed by atoms with van der Waals surface area (Å²) in [5, 5.41) is 9.20. The molecule has 0 amide bonds. The molecule has 5 nitrogen and oxygen atoms in total. The maximum atomic E-state index is 12.2. The second kappa shape index (κ2) is 7.77. The van der Waals surface area contributed by atoms with Crippen LogP contribution in [-0.4, -0.2) is 49.3 Å². The SMILES string of the molecule is CC(C)N(CCC(=O)O)CCS(=O)(=O)c1ccc(Cl)cc1. The predicted molar refractivity (Wildman–Crippen MR) is 82.5 cm³/mol. The Morgan fingerprint density at radius 1 is 1.24 bits per heavy atom. The minimum absolute atomic E-state index is 0.000821. The number of halogens is 1. The normalized spacial score (nSPS) is 12.0. The van der Waals surface area contributed by atoms with Gasteiger partial charge in [0.1, 0.15) is 0 Å². The van der Waals surface area contributed by atoms with Crippen LogP contribution in [0, 0.1) is 0 Å². The Morgan fingerprint density at radius 3 is 2.29 bits per heavy atom. The lowest BCUT2D eigenvalue weighted by atomic mass is 10.3. The number of aliphatic carboxylic acids is 1. The molecule has 1 N–H and O–H groups in total. The third-order valence-corrected chi connectivity index (χ3v) is 5.13. The van der Waals surface area contributed by atoms with E-state index in [-0.39, 0.29) is 23.1 Å². The van der Waals surface area contributed by atoms with Crippen LogP contribution < -0.4 is 0 Å². The molecule has 7 heteroatoms. The minimum Gasteiger partial charge on any atom is -0.481 e. The molecule has 0 spiro atoms. The molecule has 0 radical (unpaired) electrons. The molecule has 0 aliphatic carbocycles. The zero-order chi connectivity index (χ0) is 16.0. The molecular formula is C14H20ClNO4S. The van der Waals surface area contributed by atoms with Crippen molar-refractivity contribution >= 4 is 27.4 Å². The number of carboxylic acids is 1. The number of nitrogens with zero attached hydrogens (tertiary/aromatic N) is 1. The van der Waals surface area contributed by atoms with E-state index in [0.29, 0.717) is 18.1 Å². The van der Waals surface area contributed by atoms with Crippen LogP contribution in [0.5, 0.6) is 0 Å². The van der Waals surface area contributed by atoms with Gasteiger partial charge in [-0.15, -0.1) is 0 Å². The molecule has 1 rings (SSSR count). The minimum atomic E-state index is -3.39. The summed E-state index contributed by atoms with van der Waals surface area (Å²) in [6.07, 6.45) is -0.000821. The van der Waals surface area contributed by atoms with Gasteiger partial charge in [-0.3, -0.25) is 9.69 Å². The van der Waals surface area contributed by atoms with E-state index >= 15 is 0 Å². The van der Waals surface area contributed by atoms with Crippen molar-refractivity contribution in [3.63, 3.8) is 0 Å². The number of carbonyl (C=O) groups is 1. The molecule has 21 heavy (non-hydrogen) atoms. The average Bonchev–Trinajstić information content (AvgIpc) is 2.38. The molecule has 1 aromatic rings. The largest absolute Gasteiger partial charge is 0.481 e. The van der Waals surface area contributed by atoms with Crippen LogP contribution >= 0.6 is 11.6 Å². The van der Waals surface area contributed by atoms with E-state index in [4.69, 9.17) is 16.7 Å². The highest BCUT2D eigenvalue weighted by atomic mass is 35.5. The Balaban J connectivity index is 2.69. The maximum absolute atomic E-state index is 12.2. The molecule has 0 aliphatic heterocycles. The van der Waals surface area contributed by atoms with Crippen molar-refractivity contribution in [2.45, 2.75) is 31.2 Å². The number of hydrogen-bond donors (Lipinski definition) is 1. The first-order valence-electron chi connectivity index (χ1n) is 6.66. The third-order valence-electron chi connectivity index (χ3n) is 3.16. The van der Waals surface area contributed by atoms with Crippen LogP contribution in [0.25, 0.3) is 0 Å². The first kappa shape index (κ1) is 17.9. The Hall–Kier alpha value is -1.11. The summed E-state index contributed by atoms with van der Waals surface area (Å²) in [4.78, 5) is 12.7. The second-order valence-electron chi connectivity index (χ2n) is 5.05. The van der Waals surface area contributed by atoms with E-state index < -0.39 is 15.8 Å². The number of sulfone groups is 1. The van der Waals surface area contributed by atoms with Gasteiger partial charge in [0.15, 0.2) is 9.84 Å². The summed E-state index contributed by atoms with van der Waals surface area (Å²) < 4.78 is 24.4. The van der Waals surface area contributed by atoms with Crippen LogP contribution in [0.2, 0.25) is 5.02 Å². The van der Waals surface area contributed by atoms with Gasteiger partial charge in [-0.2, -0.15) is 0 Å². The molecule has 0 atom stereocenters. The van der Waals surface area contributed by atoms with Gasteiger partial charge in [0, 0.05) is 24.2 Å². The molecule has 0 saturated heterocycles. The van der Waals surface area contributed by atoms with Crippen LogP contribution in [0.15, 0.2) is 29.2 Å². The molecular weight excluding hydrogens is 314 g/mol. The number of rotatable bonds is 8. The molecule has 0 aromatic heterocycles. The fourth-order valence-electron chi connectivity index (χ4n) is 1.86. The molecule has 0 aliphatic rings. The maximum Gasteiger partial charge on any atom is 0.304 e. The van der Waals surface area contributed by atoms with Crippen molar-refractivity contribution in [3.8, 4) is 0 Å². The van der Waals surface area contributed by atoms with E-state index in [1.165, 1.54) is 12.1 Å². The summed E-state index contributed by atoms with van der Waals surface area (Å²) in [6, 6.07) is 6.13. The first-order chi connectivity index (χ1) is 9.72. The zero-order valence-electron chi connectivity index (χ0n) is 12.1. The Bertz CT molecular complexity index is 569. The van der Waals surface area contributed by atoms with E-state index in [1.54, 1.807) is 12.1 Å². The third kappa shape index (κ3) is 6.03. The van der Waals surface area contributed by atoms with Gasteiger partial charge < -0.3 is 5.11 Å². The zero-order valence-corrected chi connectivity index (χ0v) is 13.7. The summed E-state index contributed by atoms with van der Waals surface area (Å²) in [6.45, 7) is 4.46. The van der Waals surface area contributed by atoms with E-state index in [9.17, 15) is 13.2 Å². The van der Waals surface area contributed by atoms with Gasteiger partial charge in [-0.1, -0.05) is 11.6 Å². The van der Waals surface area contributed by atoms with Gasteiger partial charge >= 0.3 is 5.97 Å². The molecule has 0 unspecified atom stereocenters. The monoisotopic (exact) mass is 333 g/mol. The van der Waals surface area contributed by atoms with Crippen LogP contribution in [0.4, 0.5) is 0 Å². The fourth-order valence-corrected chi connectivity index (χ4v) is 3.25. The van der Waals surface area contributed by atoms with Gasteiger partial charge in [0.25, 0.3) is 0 Å². The summed E-state index contributed by atoms with van der Waals surface area (Å²) >= 11 is 5.74. The van der Waals surface area contributed by atoms with Crippen molar-refractivity contribution in [1.29, 1.82) is 0 Å². The Morgan fingerprint density at radius 2 is 1.81 bits per heavy atom. The topological polar surface area (TPSA) is 74.7 Å². The molecule has 0 heterocycles. The number of carboxylic acid groups (broad SMARTS) is 1. The molecule has 0 saturated carbocycles. The van der Waals surface area contributed by atoms with Gasteiger partial charge in [-0.05, 0) is 38.1 Å². The lowest BCUT2D eigenvalue weighted by Gasteiger charge is -2.25.